The molecule has 0 saturated carbocycles. The number of nitrogens with one attached hydrogen (secondary N) is 2. The fraction of sp³-hybridized carbons (Fsp3) is 0.238. The van der Waals surface area contributed by atoms with Crippen LogP contribution in [-0.2, 0) is 17.9 Å². The molecular formula is C21H24N6O4. The van der Waals surface area contributed by atoms with Gasteiger partial charge in [-0.15, -0.1) is 13.2 Å². The maximum Gasteiger partial charge on any atom is 0.333 e. The minimum atomic E-state index is -0.480. The van der Waals surface area contributed by atoms with Crippen LogP contribution in [0.5, 0.6) is 5.75 Å². The molecule has 1 amide bonds. The molecule has 0 saturated heterocycles. The number of aromatic amines is 1. The van der Waals surface area contributed by atoms with Gasteiger partial charge in [-0.2, -0.15) is 0 Å². The van der Waals surface area contributed by atoms with Gasteiger partial charge in [0.2, 0.25) is 0 Å². The Bertz CT molecular complexity index is 1220. The summed E-state index contributed by atoms with van der Waals surface area (Å²) in [7, 11) is 0. The van der Waals surface area contributed by atoms with Gasteiger partial charge in [-0.3, -0.25) is 18.7 Å². The van der Waals surface area contributed by atoms with Gasteiger partial charge in [0, 0.05) is 31.7 Å². The predicted octanol–water partition coefficient (Wildman–Crippen LogP) is 0.379. The van der Waals surface area contributed by atoms with Crippen LogP contribution < -0.4 is 27.0 Å². The number of carbonyl (C=O) groups excluding carboxylic acids is 1. The lowest BCUT2D eigenvalue weighted by Crippen LogP contribution is -2.39. The number of H-pyrrole nitrogens is 1. The number of ether oxygens (including phenoxy) is 1. The predicted molar refractivity (Wildman–Crippen MR) is 118 cm³/mol. The third-order valence-electron chi connectivity index (χ3n) is 4.45. The third kappa shape index (κ3) is 4.64. The van der Waals surface area contributed by atoms with Crippen molar-refractivity contribution in [2.75, 3.05) is 19.7 Å². The fourth-order valence-corrected chi connectivity index (χ4v) is 3.01. The molecule has 0 aliphatic rings. The van der Waals surface area contributed by atoms with E-state index in [1.54, 1.807) is 30.3 Å². The van der Waals surface area contributed by atoms with Crippen molar-refractivity contribution in [3.05, 3.63) is 70.4 Å². The van der Waals surface area contributed by atoms with E-state index in [0.29, 0.717) is 30.2 Å². The molecule has 31 heavy (non-hydrogen) atoms. The molecule has 10 nitrogen and oxygen atoms in total. The topological polar surface area (TPSA) is 137 Å². The van der Waals surface area contributed by atoms with Crippen LogP contribution in [-0.4, -0.2) is 44.7 Å². The number of nitrogens with two attached hydrogens (primary N) is 1. The normalized spacial score (nSPS) is 10.7. The largest absolute Gasteiger partial charge is 0.484 e. The molecule has 3 rings (SSSR count). The summed E-state index contributed by atoms with van der Waals surface area (Å²) in [6.45, 7) is 8.18. The molecule has 3 aromatic rings. The van der Waals surface area contributed by atoms with E-state index in [-0.39, 0.29) is 36.8 Å². The van der Waals surface area contributed by atoms with Gasteiger partial charge in [-0.1, -0.05) is 12.2 Å². The van der Waals surface area contributed by atoms with Crippen LogP contribution in [0.25, 0.3) is 22.6 Å². The van der Waals surface area contributed by atoms with Crippen molar-refractivity contribution >= 4 is 17.1 Å². The number of nitrogens with zero attached hydrogens (tertiary/aromatic N) is 3. The summed E-state index contributed by atoms with van der Waals surface area (Å²) in [4.78, 5) is 44.5. The molecule has 162 valence electrons. The van der Waals surface area contributed by atoms with E-state index in [1.807, 2.05) is 0 Å². The average molecular weight is 424 g/mol. The van der Waals surface area contributed by atoms with Gasteiger partial charge < -0.3 is 20.8 Å². The Hall–Kier alpha value is -3.92. The highest BCUT2D eigenvalue weighted by Crippen LogP contribution is 2.21. The Kier molecular flexibility index (Phi) is 6.83. The Balaban J connectivity index is 1.92. The maximum absolute atomic E-state index is 12.8. The lowest BCUT2D eigenvalue weighted by atomic mass is 10.2. The Morgan fingerprint density at radius 2 is 1.84 bits per heavy atom. The molecule has 0 atom stereocenters. The zero-order valence-electron chi connectivity index (χ0n) is 17.0. The molecule has 0 unspecified atom stereocenters. The van der Waals surface area contributed by atoms with Crippen LogP contribution in [0.4, 0.5) is 0 Å². The molecule has 0 aliphatic carbocycles. The van der Waals surface area contributed by atoms with Crippen molar-refractivity contribution < 1.29 is 9.53 Å². The van der Waals surface area contributed by atoms with Gasteiger partial charge in [0.05, 0.1) is 0 Å². The summed E-state index contributed by atoms with van der Waals surface area (Å²) in [6, 6.07) is 6.85. The standard InChI is InChI=1S/C21H24N6O4/c1-3-11-26-19-17(20(29)27(12-4-2)21(26)30)24-18(25-19)14-5-7-15(8-6-14)31-13-16(28)23-10-9-22/h3-8H,1-2,9-13,22H2,(H,23,28)(H,24,25). The number of aromatic nitrogens is 4. The average Bonchev–Trinajstić information content (AvgIpc) is 3.22. The van der Waals surface area contributed by atoms with Crippen LogP contribution in [0.15, 0.2) is 59.2 Å². The molecule has 10 heteroatoms. The summed E-state index contributed by atoms with van der Waals surface area (Å²) in [5.74, 6) is 0.662. The zero-order valence-corrected chi connectivity index (χ0v) is 17.0. The SMILES string of the molecule is C=CCn1c(=O)c2[nH]c(-c3ccc(OCC(=O)NCCN)cc3)nc2n(CC=C)c1=O. The third-order valence-corrected chi connectivity index (χ3v) is 4.45. The summed E-state index contributed by atoms with van der Waals surface area (Å²) in [5, 5.41) is 2.62. The second kappa shape index (κ2) is 9.72. The number of hydrogen-bond acceptors (Lipinski definition) is 6. The number of rotatable bonds is 10. The summed E-state index contributed by atoms with van der Waals surface area (Å²) in [6.07, 6.45) is 3.05. The number of benzene rings is 1. The summed E-state index contributed by atoms with van der Waals surface area (Å²) in [5.41, 5.74) is 5.54. The number of carbonyl (C=O) groups is 1. The van der Waals surface area contributed by atoms with E-state index in [9.17, 15) is 14.4 Å². The Labute approximate surface area is 177 Å². The van der Waals surface area contributed by atoms with E-state index in [0.717, 1.165) is 4.57 Å². The molecule has 0 bridgehead atoms. The van der Waals surface area contributed by atoms with Gasteiger partial charge >= 0.3 is 5.69 Å². The van der Waals surface area contributed by atoms with Crippen LogP contribution in [0.2, 0.25) is 0 Å². The molecule has 0 fully saturated rings. The van der Waals surface area contributed by atoms with Gasteiger partial charge in [-0.25, -0.2) is 9.78 Å². The highest BCUT2D eigenvalue weighted by Gasteiger charge is 2.17. The van der Waals surface area contributed by atoms with Gasteiger partial charge in [-0.05, 0) is 24.3 Å². The number of fused-ring (bicyclic) bond motifs is 1. The Morgan fingerprint density at radius 1 is 1.16 bits per heavy atom. The van der Waals surface area contributed by atoms with Crippen molar-refractivity contribution in [3.8, 4) is 17.1 Å². The minimum Gasteiger partial charge on any atom is -0.484 e. The fourth-order valence-electron chi connectivity index (χ4n) is 3.01. The molecule has 2 heterocycles. The van der Waals surface area contributed by atoms with Crippen LogP contribution in [0.3, 0.4) is 0 Å². The number of hydrogen-bond donors (Lipinski definition) is 3. The number of imidazole rings is 1. The van der Waals surface area contributed by atoms with E-state index in [4.69, 9.17) is 10.5 Å². The minimum absolute atomic E-state index is 0.0873. The molecule has 4 N–H and O–H groups in total. The Morgan fingerprint density at radius 3 is 2.48 bits per heavy atom. The summed E-state index contributed by atoms with van der Waals surface area (Å²) >= 11 is 0. The molecule has 1 aromatic carbocycles. The van der Waals surface area contributed by atoms with E-state index in [2.05, 4.69) is 28.4 Å². The lowest BCUT2D eigenvalue weighted by Gasteiger charge is -2.07. The first-order chi connectivity index (χ1) is 15.0. The quantitative estimate of drug-likeness (QED) is 0.403. The van der Waals surface area contributed by atoms with Crippen molar-refractivity contribution in [1.82, 2.24) is 24.4 Å². The maximum atomic E-state index is 12.8. The first-order valence-electron chi connectivity index (χ1n) is 9.65. The monoisotopic (exact) mass is 424 g/mol. The van der Waals surface area contributed by atoms with Gasteiger partial charge in [0.1, 0.15) is 17.1 Å². The number of allylic oxidation sites excluding steroid dienone is 2. The summed E-state index contributed by atoms with van der Waals surface area (Å²) < 4.78 is 7.91. The van der Waals surface area contributed by atoms with Gasteiger partial charge in [0.25, 0.3) is 11.5 Å². The first-order valence-corrected chi connectivity index (χ1v) is 9.65. The zero-order chi connectivity index (χ0) is 22.4. The van der Waals surface area contributed by atoms with Crippen LogP contribution >= 0.6 is 0 Å². The highest BCUT2D eigenvalue weighted by molar-refractivity contribution is 5.77. The molecule has 0 aliphatic heterocycles. The van der Waals surface area contributed by atoms with Crippen molar-refractivity contribution in [2.45, 2.75) is 13.1 Å². The van der Waals surface area contributed by atoms with Crippen LogP contribution in [0, 0.1) is 0 Å². The highest BCUT2D eigenvalue weighted by atomic mass is 16.5. The van der Waals surface area contributed by atoms with Crippen molar-refractivity contribution in [3.63, 3.8) is 0 Å². The van der Waals surface area contributed by atoms with Gasteiger partial charge in [0.15, 0.2) is 12.3 Å². The van der Waals surface area contributed by atoms with Crippen LogP contribution in [0.1, 0.15) is 0 Å². The molecule has 0 spiro atoms. The smallest absolute Gasteiger partial charge is 0.333 e. The van der Waals surface area contributed by atoms with E-state index in [1.165, 1.54) is 10.6 Å². The lowest BCUT2D eigenvalue weighted by molar-refractivity contribution is -0.123. The second-order valence-corrected chi connectivity index (χ2v) is 6.62. The number of amides is 1. The van der Waals surface area contributed by atoms with E-state index >= 15 is 0 Å². The van der Waals surface area contributed by atoms with E-state index < -0.39 is 11.2 Å². The van der Waals surface area contributed by atoms with Crippen molar-refractivity contribution in [1.29, 1.82) is 0 Å². The second-order valence-electron chi connectivity index (χ2n) is 6.62. The van der Waals surface area contributed by atoms with Crippen molar-refractivity contribution in [2.24, 2.45) is 5.73 Å². The molecule has 0 radical (unpaired) electrons. The molecular weight excluding hydrogens is 400 g/mol. The molecule has 2 aromatic heterocycles. The first kappa shape index (κ1) is 21.8.